The van der Waals surface area contributed by atoms with Gasteiger partial charge in [-0.05, 0) is 110 Å². The third-order valence-corrected chi connectivity index (χ3v) is 10.0. The van der Waals surface area contributed by atoms with Crippen molar-refractivity contribution in [2.24, 2.45) is 0 Å². The minimum atomic E-state index is -0.460. The molecule has 0 radical (unpaired) electrons. The highest BCUT2D eigenvalue weighted by molar-refractivity contribution is 5.91. The smallest absolute Gasteiger partial charge is 0.343 e. The van der Waals surface area contributed by atoms with E-state index in [9.17, 15) is 9.59 Å². The summed E-state index contributed by atoms with van der Waals surface area (Å²) in [4.78, 5) is 25.6. The summed E-state index contributed by atoms with van der Waals surface area (Å²) >= 11 is 0. The van der Waals surface area contributed by atoms with Crippen molar-refractivity contribution in [3.8, 4) is 45.9 Å². The molecule has 0 aliphatic heterocycles. The third kappa shape index (κ3) is 15.1. The molecule has 4 aromatic carbocycles. The molecule has 0 saturated heterocycles. The van der Waals surface area contributed by atoms with Gasteiger partial charge in [0.05, 0.1) is 24.3 Å². The van der Waals surface area contributed by atoms with Crippen LogP contribution in [-0.2, 0) is 0 Å². The molecule has 0 amide bonds. The Labute approximate surface area is 344 Å². The van der Waals surface area contributed by atoms with Gasteiger partial charge in [-0.1, -0.05) is 110 Å². The van der Waals surface area contributed by atoms with Crippen LogP contribution in [0, 0.1) is 0 Å². The topological polar surface area (TPSA) is 110 Å². The van der Waals surface area contributed by atoms with E-state index in [1.54, 1.807) is 97.1 Å². The van der Waals surface area contributed by atoms with Crippen LogP contribution in [0.5, 0.6) is 23.0 Å². The first kappa shape index (κ1) is 43.7. The molecule has 0 fully saturated rings. The van der Waals surface area contributed by atoms with E-state index >= 15 is 0 Å². The number of unbranched alkanes of at least 4 members (excludes halogenated alkanes) is 15. The Balaban J connectivity index is 1.00. The Morgan fingerprint density at radius 2 is 0.724 bits per heavy atom. The first-order valence-corrected chi connectivity index (χ1v) is 21.5. The number of aromatic nitrogens is 2. The number of rotatable bonds is 27. The maximum atomic E-state index is 12.8. The van der Waals surface area contributed by atoms with Gasteiger partial charge in [-0.3, -0.25) is 0 Å². The Morgan fingerprint density at radius 3 is 1.07 bits per heavy atom. The molecule has 0 unspecified atom stereocenters. The summed E-state index contributed by atoms with van der Waals surface area (Å²) < 4.78 is 28.8. The van der Waals surface area contributed by atoms with E-state index < -0.39 is 11.9 Å². The first-order valence-electron chi connectivity index (χ1n) is 21.5. The van der Waals surface area contributed by atoms with Crippen LogP contribution >= 0.6 is 0 Å². The minimum absolute atomic E-state index is 0.311. The van der Waals surface area contributed by atoms with Gasteiger partial charge < -0.3 is 23.4 Å². The van der Waals surface area contributed by atoms with Crippen molar-refractivity contribution in [2.75, 3.05) is 13.2 Å². The fourth-order valence-corrected chi connectivity index (χ4v) is 6.52. The zero-order valence-electron chi connectivity index (χ0n) is 34.4. The Kier molecular flexibility index (Phi) is 18.9. The number of benzene rings is 4. The molecule has 0 aliphatic carbocycles. The van der Waals surface area contributed by atoms with Crippen molar-refractivity contribution < 1.29 is 33.0 Å². The lowest BCUT2D eigenvalue weighted by Crippen LogP contribution is -2.08. The second-order valence-electron chi connectivity index (χ2n) is 14.8. The molecule has 9 heteroatoms. The quantitative estimate of drug-likeness (QED) is 0.0292. The predicted molar refractivity (Wildman–Crippen MR) is 229 cm³/mol. The second kappa shape index (κ2) is 25.0. The minimum Gasteiger partial charge on any atom is -0.494 e. The van der Waals surface area contributed by atoms with Gasteiger partial charge in [0.15, 0.2) is 0 Å². The van der Waals surface area contributed by atoms with Gasteiger partial charge in [0, 0.05) is 11.1 Å². The van der Waals surface area contributed by atoms with Crippen LogP contribution in [0.3, 0.4) is 0 Å². The number of hydrogen-bond acceptors (Lipinski definition) is 9. The largest absolute Gasteiger partial charge is 0.494 e. The van der Waals surface area contributed by atoms with Crippen molar-refractivity contribution in [1.29, 1.82) is 0 Å². The van der Waals surface area contributed by atoms with E-state index in [1.165, 1.54) is 96.3 Å². The van der Waals surface area contributed by atoms with E-state index in [0.717, 1.165) is 24.3 Å². The molecule has 9 nitrogen and oxygen atoms in total. The van der Waals surface area contributed by atoms with Crippen LogP contribution in [0.1, 0.15) is 144 Å². The molecule has 0 aliphatic rings. The normalized spacial score (nSPS) is 11.0. The maximum Gasteiger partial charge on any atom is 0.343 e. The number of esters is 2. The highest BCUT2D eigenvalue weighted by Gasteiger charge is 2.14. The van der Waals surface area contributed by atoms with Crippen LogP contribution in [0.25, 0.3) is 22.9 Å². The second-order valence-corrected chi connectivity index (χ2v) is 14.8. The van der Waals surface area contributed by atoms with Crippen molar-refractivity contribution in [3.63, 3.8) is 0 Å². The lowest BCUT2D eigenvalue weighted by atomic mass is 10.1. The van der Waals surface area contributed by atoms with Crippen LogP contribution in [0.4, 0.5) is 0 Å². The van der Waals surface area contributed by atoms with E-state index in [4.69, 9.17) is 23.4 Å². The van der Waals surface area contributed by atoms with Crippen molar-refractivity contribution in [1.82, 2.24) is 10.2 Å². The van der Waals surface area contributed by atoms with Crippen molar-refractivity contribution in [2.45, 2.75) is 123 Å². The molecule has 0 atom stereocenters. The van der Waals surface area contributed by atoms with Crippen LogP contribution in [-0.4, -0.2) is 35.3 Å². The highest BCUT2D eigenvalue weighted by atomic mass is 16.5. The number of hydrogen-bond donors (Lipinski definition) is 0. The van der Waals surface area contributed by atoms with Gasteiger partial charge in [0.1, 0.15) is 23.0 Å². The lowest BCUT2D eigenvalue weighted by molar-refractivity contribution is 0.0725. The summed E-state index contributed by atoms with van der Waals surface area (Å²) in [5, 5.41) is 8.38. The highest BCUT2D eigenvalue weighted by Crippen LogP contribution is 2.28. The molecule has 0 spiro atoms. The summed E-state index contributed by atoms with van der Waals surface area (Å²) in [5.41, 5.74) is 2.21. The molecule has 5 aromatic rings. The summed E-state index contributed by atoms with van der Waals surface area (Å²) in [6, 6.07) is 27.8. The van der Waals surface area contributed by atoms with Gasteiger partial charge in [0.2, 0.25) is 11.8 Å². The Morgan fingerprint density at radius 1 is 0.414 bits per heavy atom. The van der Waals surface area contributed by atoms with Crippen LogP contribution in [0.15, 0.2) is 101 Å². The fraction of sp³-hybridized carbons (Fsp3) is 0.429. The third-order valence-electron chi connectivity index (χ3n) is 10.0. The van der Waals surface area contributed by atoms with E-state index in [-0.39, 0.29) is 0 Å². The standard InChI is InChI=1S/C49H60N2O7/c1-3-5-7-9-11-12-13-15-17-19-37-55-43-30-26-41(27-31-43)49(53)57-45-34-22-39(23-35-45)47-51-50-46(58-47)38-20-32-44(33-21-38)56-48(52)40-24-28-42(29-25-40)54-36-18-16-14-10-8-6-4-2/h20-35H,3-19,36-37H2,1-2H3. The molecular formula is C49H60N2O7. The van der Waals surface area contributed by atoms with Gasteiger partial charge in [0.25, 0.3) is 0 Å². The SMILES string of the molecule is CCCCCCCCCCCCOc1ccc(C(=O)Oc2ccc(-c3nnc(-c4ccc(OC(=O)c5ccc(OCCCCCCCCC)cc5)cc4)o3)cc2)cc1. The molecule has 1 heterocycles. The van der Waals surface area contributed by atoms with Gasteiger partial charge in [-0.15, -0.1) is 10.2 Å². The van der Waals surface area contributed by atoms with Gasteiger partial charge in [-0.25, -0.2) is 9.59 Å². The zero-order chi connectivity index (χ0) is 40.6. The molecule has 5 rings (SSSR count). The van der Waals surface area contributed by atoms with Gasteiger partial charge in [-0.2, -0.15) is 0 Å². The predicted octanol–water partition coefficient (Wildman–Crippen LogP) is 13.3. The van der Waals surface area contributed by atoms with E-state index in [1.807, 2.05) is 0 Å². The number of carbonyl (C=O) groups excluding carboxylic acids is 2. The van der Waals surface area contributed by atoms with Crippen LogP contribution < -0.4 is 18.9 Å². The number of carbonyl (C=O) groups is 2. The maximum absolute atomic E-state index is 12.8. The lowest BCUT2D eigenvalue weighted by Gasteiger charge is -2.08. The van der Waals surface area contributed by atoms with Crippen molar-refractivity contribution >= 4 is 11.9 Å². The molecule has 308 valence electrons. The monoisotopic (exact) mass is 788 g/mol. The average Bonchev–Trinajstić information content (AvgIpc) is 3.75. The molecule has 0 N–H and O–H groups in total. The molecule has 0 bridgehead atoms. The zero-order valence-corrected chi connectivity index (χ0v) is 34.4. The van der Waals surface area contributed by atoms with Gasteiger partial charge >= 0.3 is 11.9 Å². The van der Waals surface area contributed by atoms with Crippen LogP contribution in [0.2, 0.25) is 0 Å². The molecule has 58 heavy (non-hydrogen) atoms. The first-order chi connectivity index (χ1) is 28.5. The Hall–Kier alpha value is -5.44. The van der Waals surface area contributed by atoms with E-state index in [2.05, 4.69) is 24.0 Å². The number of nitrogens with zero attached hydrogens (tertiary/aromatic N) is 2. The summed E-state index contributed by atoms with van der Waals surface area (Å²) in [6.07, 6.45) is 21.4. The molecule has 1 aromatic heterocycles. The number of ether oxygens (including phenoxy) is 4. The Bertz CT molecular complexity index is 1900. The molecular weight excluding hydrogens is 729 g/mol. The van der Waals surface area contributed by atoms with Crippen molar-refractivity contribution in [3.05, 3.63) is 108 Å². The fourth-order valence-electron chi connectivity index (χ4n) is 6.52. The average molecular weight is 789 g/mol. The van der Waals surface area contributed by atoms with E-state index in [0.29, 0.717) is 58.7 Å². The molecule has 0 saturated carbocycles. The summed E-state index contributed by atoms with van der Waals surface area (Å²) in [5.74, 6) is 1.97. The summed E-state index contributed by atoms with van der Waals surface area (Å²) in [6.45, 7) is 5.82. The summed E-state index contributed by atoms with van der Waals surface area (Å²) in [7, 11) is 0.